The van der Waals surface area contributed by atoms with Crippen LogP contribution in [0.5, 0.6) is 0 Å². The van der Waals surface area contributed by atoms with E-state index in [0.717, 1.165) is 49.8 Å². The number of nitrogens with zero attached hydrogens (tertiary/aromatic N) is 4. The Hall–Kier alpha value is -6.78. The predicted molar refractivity (Wildman–Crippen MR) is 205 cm³/mol. The molecule has 0 aliphatic rings. The lowest BCUT2D eigenvalue weighted by molar-refractivity contribution is 1.07. The summed E-state index contributed by atoms with van der Waals surface area (Å²) in [7, 11) is 0. The van der Waals surface area contributed by atoms with Crippen molar-refractivity contribution in [3.63, 3.8) is 0 Å². The van der Waals surface area contributed by atoms with Gasteiger partial charge in [-0.2, -0.15) is 0 Å². The topological polar surface area (TPSA) is 51.6 Å². The largest absolute Gasteiger partial charge is 0.256 e. The zero-order chi connectivity index (χ0) is 33.3. The quantitative estimate of drug-likeness (QED) is 0.182. The van der Waals surface area contributed by atoms with Gasteiger partial charge >= 0.3 is 0 Å². The van der Waals surface area contributed by atoms with Crippen LogP contribution in [0.1, 0.15) is 0 Å². The van der Waals surface area contributed by atoms with Crippen molar-refractivity contribution >= 4 is 21.7 Å². The van der Waals surface area contributed by atoms with E-state index in [4.69, 9.17) is 15.0 Å². The minimum atomic E-state index is 0.643. The Morgan fingerprint density at radius 1 is 0.300 bits per heavy atom. The fourth-order valence-electron chi connectivity index (χ4n) is 6.63. The molecule has 7 aromatic carbocycles. The van der Waals surface area contributed by atoms with Crippen LogP contribution in [-0.4, -0.2) is 19.9 Å². The first kappa shape index (κ1) is 29.4. The fourth-order valence-corrected chi connectivity index (χ4v) is 6.63. The number of benzene rings is 7. The molecule has 0 fully saturated rings. The number of para-hydroxylation sites is 1. The van der Waals surface area contributed by atoms with E-state index in [1.807, 2.05) is 72.9 Å². The second-order valence-corrected chi connectivity index (χ2v) is 12.3. The van der Waals surface area contributed by atoms with Gasteiger partial charge in [0.2, 0.25) is 0 Å². The molecule has 0 radical (unpaired) electrons. The Kier molecular flexibility index (Phi) is 7.45. The average Bonchev–Trinajstić information content (AvgIpc) is 3.21. The molecule has 0 saturated carbocycles. The summed E-state index contributed by atoms with van der Waals surface area (Å²) in [5.74, 6) is 1.95. The van der Waals surface area contributed by atoms with E-state index >= 15 is 0 Å². The molecule has 9 rings (SSSR count). The second kappa shape index (κ2) is 12.7. The molecular formula is C46H30N4. The molecule has 0 spiro atoms. The maximum absolute atomic E-state index is 4.92. The van der Waals surface area contributed by atoms with Crippen LogP contribution in [-0.2, 0) is 0 Å². The van der Waals surface area contributed by atoms with Crippen LogP contribution >= 0.6 is 0 Å². The number of hydrogen-bond acceptors (Lipinski definition) is 4. The molecule has 0 bridgehead atoms. The van der Waals surface area contributed by atoms with Crippen LogP contribution in [0.15, 0.2) is 182 Å². The van der Waals surface area contributed by atoms with Gasteiger partial charge in [-0.3, -0.25) is 4.98 Å². The highest BCUT2D eigenvalue weighted by Crippen LogP contribution is 2.36. The Bertz CT molecular complexity index is 2550. The lowest BCUT2D eigenvalue weighted by atomic mass is 9.91. The van der Waals surface area contributed by atoms with Gasteiger partial charge in [0.25, 0.3) is 0 Å². The molecule has 0 unspecified atom stereocenters. The number of fused-ring (bicyclic) bond motifs is 2. The zero-order valence-electron chi connectivity index (χ0n) is 27.1. The van der Waals surface area contributed by atoms with Gasteiger partial charge in [-0.25, -0.2) is 15.0 Å². The van der Waals surface area contributed by atoms with Gasteiger partial charge in [0.05, 0.1) is 5.52 Å². The summed E-state index contributed by atoms with van der Waals surface area (Å²) < 4.78 is 0. The monoisotopic (exact) mass is 638 g/mol. The van der Waals surface area contributed by atoms with Crippen molar-refractivity contribution in [2.45, 2.75) is 0 Å². The third-order valence-corrected chi connectivity index (χ3v) is 9.18. The minimum absolute atomic E-state index is 0.643. The maximum Gasteiger partial charge on any atom is 0.164 e. The van der Waals surface area contributed by atoms with E-state index in [-0.39, 0.29) is 0 Å². The summed E-state index contributed by atoms with van der Waals surface area (Å²) in [4.78, 5) is 19.3. The van der Waals surface area contributed by atoms with Gasteiger partial charge in [0.15, 0.2) is 17.5 Å². The van der Waals surface area contributed by atoms with E-state index in [1.54, 1.807) is 0 Å². The van der Waals surface area contributed by atoms with Crippen LogP contribution in [0.25, 0.3) is 89.2 Å². The molecule has 0 N–H and O–H groups in total. The highest BCUT2D eigenvalue weighted by molar-refractivity contribution is 6.01. The number of pyridine rings is 1. The van der Waals surface area contributed by atoms with Crippen molar-refractivity contribution in [3.05, 3.63) is 182 Å². The lowest BCUT2D eigenvalue weighted by Gasteiger charge is -2.13. The van der Waals surface area contributed by atoms with Crippen LogP contribution in [0, 0.1) is 0 Å². The molecule has 50 heavy (non-hydrogen) atoms. The predicted octanol–water partition coefficient (Wildman–Crippen LogP) is 11.6. The van der Waals surface area contributed by atoms with Gasteiger partial charge in [0, 0.05) is 33.8 Å². The van der Waals surface area contributed by atoms with Crippen molar-refractivity contribution < 1.29 is 0 Å². The van der Waals surface area contributed by atoms with Crippen LogP contribution in [0.2, 0.25) is 0 Å². The molecular weight excluding hydrogens is 609 g/mol. The Morgan fingerprint density at radius 2 is 0.800 bits per heavy atom. The van der Waals surface area contributed by atoms with E-state index < -0.39 is 0 Å². The Morgan fingerprint density at radius 3 is 1.46 bits per heavy atom. The second-order valence-electron chi connectivity index (χ2n) is 12.3. The molecule has 0 amide bonds. The molecule has 0 aliphatic carbocycles. The van der Waals surface area contributed by atoms with Crippen molar-refractivity contribution in [2.24, 2.45) is 0 Å². The van der Waals surface area contributed by atoms with Crippen molar-refractivity contribution in [3.8, 4) is 67.5 Å². The summed E-state index contributed by atoms with van der Waals surface area (Å²) in [5, 5.41) is 3.56. The van der Waals surface area contributed by atoms with Crippen molar-refractivity contribution in [1.82, 2.24) is 19.9 Å². The highest BCUT2D eigenvalue weighted by Gasteiger charge is 2.14. The number of hydrogen-bond donors (Lipinski definition) is 0. The zero-order valence-corrected chi connectivity index (χ0v) is 27.1. The lowest BCUT2D eigenvalue weighted by Crippen LogP contribution is -2.00. The van der Waals surface area contributed by atoms with Gasteiger partial charge in [0.1, 0.15) is 0 Å². The van der Waals surface area contributed by atoms with E-state index in [0.29, 0.717) is 17.5 Å². The van der Waals surface area contributed by atoms with Crippen LogP contribution in [0.4, 0.5) is 0 Å². The van der Waals surface area contributed by atoms with Crippen LogP contribution < -0.4 is 0 Å². The third-order valence-electron chi connectivity index (χ3n) is 9.18. The SMILES string of the molecule is c1ccc(-c2nc(-c3ccccc3)nc(-c3ccc(-c4cc(-c5ccc(-c6cccc7cccnc67)cc5)c5ccccc5c4)cc3)n2)cc1. The molecule has 2 heterocycles. The maximum atomic E-state index is 4.92. The van der Waals surface area contributed by atoms with Crippen LogP contribution in [0.3, 0.4) is 0 Å². The fraction of sp³-hybridized carbons (Fsp3) is 0. The molecule has 234 valence electrons. The standard InChI is InChI=1S/C46H30N4/c1-3-11-35(12-4-1)44-48-45(36-13-5-2-6-14-36)50-46(49-44)37-26-20-31(21-27-37)39-29-38-15-7-8-18-40(38)42(30-39)33-24-22-32(23-25-33)41-19-9-16-34-17-10-28-47-43(34)41/h1-30H. The highest BCUT2D eigenvalue weighted by atomic mass is 15.0. The number of aromatic nitrogens is 4. The summed E-state index contributed by atoms with van der Waals surface area (Å²) in [5.41, 5.74) is 10.8. The van der Waals surface area contributed by atoms with E-state index in [1.165, 1.54) is 21.9 Å². The molecule has 0 aliphatic heterocycles. The van der Waals surface area contributed by atoms with Crippen molar-refractivity contribution in [2.75, 3.05) is 0 Å². The molecule has 4 nitrogen and oxygen atoms in total. The van der Waals surface area contributed by atoms with E-state index in [2.05, 4.69) is 114 Å². The van der Waals surface area contributed by atoms with Gasteiger partial charge < -0.3 is 0 Å². The van der Waals surface area contributed by atoms with Gasteiger partial charge in [-0.15, -0.1) is 0 Å². The molecule has 4 heteroatoms. The normalized spacial score (nSPS) is 11.2. The first-order valence-electron chi connectivity index (χ1n) is 16.7. The third kappa shape index (κ3) is 5.59. The first-order chi connectivity index (χ1) is 24.8. The summed E-state index contributed by atoms with van der Waals surface area (Å²) in [6.45, 7) is 0. The molecule has 0 saturated heterocycles. The summed E-state index contributed by atoms with van der Waals surface area (Å²) in [6.07, 6.45) is 1.86. The molecule has 2 aromatic heterocycles. The minimum Gasteiger partial charge on any atom is -0.256 e. The summed E-state index contributed by atoms with van der Waals surface area (Å²) in [6, 6.07) is 61.2. The molecule has 9 aromatic rings. The Labute approximate surface area is 290 Å². The van der Waals surface area contributed by atoms with Gasteiger partial charge in [-0.05, 0) is 56.8 Å². The molecule has 0 atom stereocenters. The average molecular weight is 639 g/mol. The first-order valence-corrected chi connectivity index (χ1v) is 16.7. The smallest absolute Gasteiger partial charge is 0.164 e. The summed E-state index contributed by atoms with van der Waals surface area (Å²) >= 11 is 0. The van der Waals surface area contributed by atoms with Gasteiger partial charge in [-0.1, -0.05) is 158 Å². The van der Waals surface area contributed by atoms with Crippen molar-refractivity contribution in [1.29, 1.82) is 0 Å². The number of rotatable bonds is 6. The Balaban J connectivity index is 1.09. The van der Waals surface area contributed by atoms with E-state index in [9.17, 15) is 0 Å².